The Morgan fingerprint density at radius 3 is 2.46 bits per heavy atom. The van der Waals surface area contributed by atoms with Crippen LogP contribution in [0.1, 0.15) is 49.4 Å². The standard InChI is InChI=1S/C21H25NO2/c1-15(18-13-12-17-8-6-7-9-19(17)14-18)22-21(23)16(2)24-20-10-4-3-5-11-20/h3-5,10-16H,6-9H2,1-2H3,(H,22,23)/t15-,16-/m0/s1. The van der Waals surface area contributed by atoms with Crippen LogP contribution in [0, 0.1) is 0 Å². The third kappa shape index (κ3) is 3.97. The van der Waals surface area contributed by atoms with Crippen LogP contribution in [0.4, 0.5) is 0 Å². The molecule has 1 amide bonds. The van der Waals surface area contributed by atoms with Crippen LogP contribution in [0.25, 0.3) is 0 Å². The maximum atomic E-state index is 12.4. The average Bonchev–Trinajstić information content (AvgIpc) is 2.62. The van der Waals surface area contributed by atoms with Gasteiger partial charge in [0, 0.05) is 0 Å². The molecular weight excluding hydrogens is 298 g/mol. The molecule has 0 spiro atoms. The molecule has 3 heteroatoms. The first-order valence-electron chi connectivity index (χ1n) is 8.77. The van der Waals surface area contributed by atoms with Crippen molar-refractivity contribution in [2.75, 3.05) is 0 Å². The Balaban J connectivity index is 1.61. The van der Waals surface area contributed by atoms with E-state index in [1.54, 1.807) is 6.92 Å². The van der Waals surface area contributed by atoms with Crippen molar-refractivity contribution in [3.8, 4) is 5.75 Å². The van der Waals surface area contributed by atoms with E-state index >= 15 is 0 Å². The lowest BCUT2D eigenvalue weighted by molar-refractivity contribution is -0.127. The smallest absolute Gasteiger partial charge is 0.261 e. The van der Waals surface area contributed by atoms with Crippen molar-refractivity contribution in [1.29, 1.82) is 0 Å². The van der Waals surface area contributed by atoms with Gasteiger partial charge in [-0.3, -0.25) is 4.79 Å². The molecule has 24 heavy (non-hydrogen) atoms. The number of hydrogen-bond donors (Lipinski definition) is 1. The summed E-state index contributed by atoms with van der Waals surface area (Å²) in [4.78, 5) is 12.4. The van der Waals surface area contributed by atoms with Crippen molar-refractivity contribution in [2.45, 2.75) is 51.7 Å². The van der Waals surface area contributed by atoms with E-state index in [4.69, 9.17) is 4.74 Å². The van der Waals surface area contributed by atoms with Gasteiger partial charge in [0.15, 0.2) is 6.10 Å². The van der Waals surface area contributed by atoms with Crippen LogP contribution in [0.5, 0.6) is 5.75 Å². The van der Waals surface area contributed by atoms with E-state index in [0.29, 0.717) is 5.75 Å². The summed E-state index contributed by atoms with van der Waals surface area (Å²) >= 11 is 0. The summed E-state index contributed by atoms with van der Waals surface area (Å²) in [6.07, 6.45) is 4.36. The van der Waals surface area contributed by atoms with Gasteiger partial charge in [-0.05, 0) is 68.4 Å². The third-order valence-electron chi connectivity index (χ3n) is 4.66. The predicted octanol–water partition coefficient (Wildman–Crippen LogP) is 4.21. The van der Waals surface area contributed by atoms with Crippen LogP contribution in [-0.4, -0.2) is 12.0 Å². The van der Waals surface area contributed by atoms with Gasteiger partial charge in [0.25, 0.3) is 5.91 Å². The van der Waals surface area contributed by atoms with E-state index in [1.165, 1.54) is 30.4 Å². The van der Waals surface area contributed by atoms with Crippen molar-refractivity contribution in [1.82, 2.24) is 5.32 Å². The number of ether oxygens (including phenoxy) is 1. The minimum absolute atomic E-state index is 0.0217. The molecule has 0 saturated carbocycles. The fraction of sp³-hybridized carbons (Fsp3) is 0.381. The number of nitrogens with one attached hydrogen (secondary N) is 1. The van der Waals surface area contributed by atoms with Gasteiger partial charge in [0.2, 0.25) is 0 Å². The van der Waals surface area contributed by atoms with E-state index in [9.17, 15) is 4.79 Å². The van der Waals surface area contributed by atoms with Crippen molar-refractivity contribution in [3.05, 3.63) is 65.2 Å². The Morgan fingerprint density at radius 2 is 1.71 bits per heavy atom. The average molecular weight is 323 g/mol. The highest BCUT2D eigenvalue weighted by Gasteiger charge is 2.19. The molecule has 3 nitrogen and oxygen atoms in total. The highest BCUT2D eigenvalue weighted by molar-refractivity contribution is 5.81. The number of rotatable bonds is 5. The number of para-hydroxylation sites is 1. The molecule has 126 valence electrons. The van der Waals surface area contributed by atoms with Crippen LogP contribution in [0.3, 0.4) is 0 Å². The maximum absolute atomic E-state index is 12.4. The maximum Gasteiger partial charge on any atom is 0.261 e. The molecule has 0 saturated heterocycles. The van der Waals surface area contributed by atoms with Gasteiger partial charge >= 0.3 is 0 Å². The van der Waals surface area contributed by atoms with E-state index < -0.39 is 6.10 Å². The Bertz CT molecular complexity index is 696. The van der Waals surface area contributed by atoms with Crippen LogP contribution in [0.15, 0.2) is 48.5 Å². The van der Waals surface area contributed by atoms with E-state index in [-0.39, 0.29) is 11.9 Å². The minimum atomic E-state index is -0.521. The molecule has 0 radical (unpaired) electrons. The zero-order valence-corrected chi connectivity index (χ0v) is 14.4. The number of benzene rings is 2. The Kier molecular flexibility index (Phi) is 5.19. The number of aryl methyl sites for hydroxylation is 2. The lowest BCUT2D eigenvalue weighted by atomic mass is 9.89. The summed E-state index contributed by atoms with van der Waals surface area (Å²) in [5, 5.41) is 3.06. The van der Waals surface area contributed by atoms with Gasteiger partial charge in [-0.15, -0.1) is 0 Å². The number of carbonyl (C=O) groups excluding carboxylic acids is 1. The van der Waals surface area contributed by atoms with Crippen LogP contribution < -0.4 is 10.1 Å². The normalized spacial score (nSPS) is 15.9. The molecular formula is C21H25NO2. The topological polar surface area (TPSA) is 38.3 Å². The van der Waals surface area contributed by atoms with Gasteiger partial charge in [-0.2, -0.15) is 0 Å². The molecule has 0 heterocycles. The highest BCUT2D eigenvalue weighted by atomic mass is 16.5. The summed E-state index contributed by atoms with van der Waals surface area (Å²) < 4.78 is 5.69. The van der Waals surface area contributed by atoms with Crippen molar-refractivity contribution in [3.63, 3.8) is 0 Å². The fourth-order valence-corrected chi connectivity index (χ4v) is 3.19. The second kappa shape index (κ2) is 7.52. The molecule has 2 atom stereocenters. The van der Waals surface area contributed by atoms with Crippen molar-refractivity contribution < 1.29 is 9.53 Å². The molecule has 0 unspecified atom stereocenters. The fourth-order valence-electron chi connectivity index (χ4n) is 3.19. The predicted molar refractivity (Wildman–Crippen MR) is 96.2 cm³/mol. The molecule has 2 aromatic rings. The zero-order valence-electron chi connectivity index (χ0n) is 14.4. The second-order valence-electron chi connectivity index (χ2n) is 6.54. The van der Waals surface area contributed by atoms with Gasteiger partial charge in [-0.25, -0.2) is 0 Å². The molecule has 1 aliphatic carbocycles. The van der Waals surface area contributed by atoms with E-state index in [2.05, 4.69) is 23.5 Å². The summed E-state index contributed by atoms with van der Waals surface area (Å²) in [5.41, 5.74) is 4.06. The Labute approximate surface area is 144 Å². The summed E-state index contributed by atoms with van der Waals surface area (Å²) in [5.74, 6) is 0.616. The quantitative estimate of drug-likeness (QED) is 0.895. The van der Waals surface area contributed by atoms with Gasteiger partial charge in [0.05, 0.1) is 6.04 Å². The number of fused-ring (bicyclic) bond motifs is 1. The summed E-state index contributed by atoms with van der Waals surface area (Å²) in [6.45, 7) is 3.81. The van der Waals surface area contributed by atoms with Gasteiger partial charge in [0.1, 0.15) is 5.75 Å². The first-order valence-corrected chi connectivity index (χ1v) is 8.77. The third-order valence-corrected chi connectivity index (χ3v) is 4.66. The van der Waals surface area contributed by atoms with Gasteiger partial charge in [-0.1, -0.05) is 36.4 Å². The molecule has 0 aromatic heterocycles. The lowest BCUT2D eigenvalue weighted by Crippen LogP contribution is -2.37. The molecule has 1 aliphatic rings. The number of hydrogen-bond acceptors (Lipinski definition) is 2. The Hall–Kier alpha value is -2.29. The van der Waals surface area contributed by atoms with Gasteiger partial charge < -0.3 is 10.1 Å². The largest absolute Gasteiger partial charge is 0.481 e. The number of carbonyl (C=O) groups is 1. The SMILES string of the molecule is C[C@H](Oc1ccccc1)C(=O)N[C@@H](C)c1ccc2c(c1)CCCC2. The van der Waals surface area contributed by atoms with Crippen LogP contribution >= 0.6 is 0 Å². The van der Waals surface area contributed by atoms with Crippen LogP contribution in [-0.2, 0) is 17.6 Å². The van der Waals surface area contributed by atoms with E-state index in [1.807, 2.05) is 37.3 Å². The minimum Gasteiger partial charge on any atom is -0.481 e. The first-order chi connectivity index (χ1) is 11.6. The second-order valence-corrected chi connectivity index (χ2v) is 6.54. The molecule has 0 aliphatic heterocycles. The molecule has 0 fully saturated rings. The molecule has 1 N–H and O–H groups in total. The Morgan fingerprint density at radius 1 is 1.00 bits per heavy atom. The monoisotopic (exact) mass is 323 g/mol. The molecule has 3 rings (SSSR count). The lowest BCUT2D eigenvalue weighted by Gasteiger charge is -2.21. The first kappa shape index (κ1) is 16.6. The van der Waals surface area contributed by atoms with Crippen LogP contribution in [0.2, 0.25) is 0 Å². The van der Waals surface area contributed by atoms with Crippen molar-refractivity contribution >= 4 is 5.91 Å². The highest BCUT2D eigenvalue weighted by Crippen LogP contribution is 2.25. The molecule has 0 bridgehead atoms. The summed E-state index contributed by atoms with van der Waals surface area (Å²) in [6, 6.07) is 16.0. The molecule has 2 aromatic carbocycles. The zero-order chi connectivity index (χ0) is 16.9. The van der Waals surface area contributed by atoms with E-state index in [0.717, 1.165) is 12.0 Å². The summed E-state index contributed by atoms with van der Waals surface area (Å²) in [7, 11) is 0. The van der Waals surface area contributed by atoms with Crippen molar-refractivity contribution in [2.24, 2.45) is 0 Å². The number of amides is 1.